The minimum atomic E-state index is -0.563. The van der Waals surface area contributed by atoms with Gasteiger partial charge in [-0.1, -0.05) is 48.5 Å². The molecule has 5 rings (SSSR count). The third-order valence-corrected chi connectivity index (χ3v) is 5.39. The van der Waals surface area contributed by atoms with Crippen molar-refractivity contribution in [3.8, 4) is 22.6 Å². The molecule has 0 aliphatic rings. The summed E-state index contributed by atoms with van der Waals surface area (Å²) in [6.07, 6.45) is 0. The molecule has 1 aromatic heterocycles. The highest BCUT2D eigenvalue weighted by Crippen LogP contribution is 2.33. The zero-order chi connectivity index (χ0) is 21.5. The van der Waals surface area contributed by atoms with Gasteiger partial charge in [-0.05, 0) is 41.3 Å². The number of fused-ring (bicyclic) bond motifs is 2. The van der Waals surface area contributed by atoms with Crippen LogP contribution in [0.1, 0.15) is 0 Å². The van der Waals surface area contributed by atoms with Gasteiger partial charge in [0, 0.05) is 5.39 Å². The maximum atomic E-state index is 14.5. The quantitative estimate of drug-likeness (QED) is 0.469. The van der Waals surface area contributed by atoms with Crippen molar-refractivity contribution in [3.63, 3.8) is 0 Å². The number of ether oxygens (including phenoxy) is 1. The smallest absolute Gasteiger partial charge is 0.333 e. The van der Waals surface area contributed by atoms with Gasteiger partial charge in [-0.25, -0.2) is 13.8 Å². The SMILES string of the molecule is COc1cccc(F)c1-c1ccc2c(=O)n(-c3cccc4ccccc34)c(=O)[nH]c2c1. The van der Waals surface area contributed by atoms with Crippen LogP contribution in [0.15, 0.2) is 88.5 Å². The highest BCUT2D eigenvalue weighted by molar-refractivity contribution is 5.91. The van der Waals surface area contributed by atoms with Crippen LogP contribution in [0.2, 0.25) is 0 Å². The second-order valence-corrected chi connectivity index (χ2v) is 7.15. The molecule has 0 amide bonds. The summed E-state index contributed by atoms with van der Waals surface area (Å²) in [7, 11) is 1.46. The molecular weight excluding hydrogens is 395 g/mol. The van der Waals surface area contributed by atoms with E-state index in [9.17, 15) is 14.0 Å². The number of benzene rings is 4. The number of H-pyrrole nitrogens is 1. The molecule has 0 saturated heterocycles. The lowest BCUT2D eigenvalue weighted by Gasteiger charge is -2.12. The number of rotatable bonds is 3. The van der Waals surface area contributed by atoms with Crippen LogP contribution in [-0.4, -0.2) is 16.7 Å². The number of hydrogen-bond donors (Lipinski definition) is 1. The Labute approximate surface area is 176 Å². The molecule has 0 spiro atoms. The standard InChI is InChI=1S/C25H17FN2O3/c1-31-22-11-5-9-19(26)23(22)16-12-13-18-20(14-16)27-25(30)28(24(18)29)21-10-4-7-15-6-2-3-8-17(15)21/h2-14H,1H3,(H,27,30). The number of methoxy groups -OCH3 is 1. The van der Waals surface area contributed by atoms with E-state index in [2.05, 4.69) is 4.98 Å². The summed E-state index contributed by atoms with van der Waals surface area (Å²) in [6.45, 7) is 0. The van der Waals surface area contributed by atoms with Crippen molar-refractivity contribution in [3.05, 3.63) is 106 Å². The molecule has 5 aromatic rings. The first-order valence-electron chi connectivity index (χ1n) is 9.68. The Bertz CT molecular complexity index is 1580. The van der Waals surface area contributed by atoms with Gasteiger partial charge >= 0.3 is 5.69 Å². The summed E-state index contributed by atoms with van der Waals surface area (Å²) < 4.78 is 20.9. The predicted molar refractivity (Wildman–Crippen MR) is 120 cm³/mol. The van der Waals surface area contributed by atoms with Crippen LogP contribution in [0.25, 0.3) is 38.5 Å². The van der Waals surface area contributed by atoms with Crippen molar-refractivity contribution in [1.29, 1.82) is 0 Å². The maximum absolute atomic E-state index is 14.5. The van der Waals surface area contributed by atoms with Gasteiger partial charge < -0.3 is 9.72 Å². The highest BCUT2D eigenvalue weighted by Gasteiger charge is 2.15. The number of halogens is 1. The van der Waals surface area contributed by atoms with Gasteiger partial charge in [0.2, 0.25) is 0 Å². The first kappa shape index (κ1) is 18.8. The molecule has 1 heterocycles. The van der Waals surface area contributed by atoms with E-state index in [0.29, 0.717) is 27.9 Å². The predicted octanol–water partition coefficient (Wildman–Crippen LogP) is 4.65. The monoisotopic (exact) mass is 412 g/mol. The Hall–Kier alpha value is -4.19. The average Bonchev–Trinajstić information content (AvgIpc) is 2.78. The Morgan fingerprint density at radius 2 is 1.65 bits per heavy atom. The van der Waals surface area contributed by atoms with Crippen LogP contribution in [0.4, 0.5) is 4.39 Å². The highest BCUT2D eigenvalue weighted by atomic mass is 19.1. The van der Waals surface area contributed by atoms with Gasteiger partial charge in [0.1, 0.15) is 11.6 Å². The van der Waals surface area contributed by atoms with Crippen LogP contribution in [0, 0.1) is 5.82 Å². The summed E-state index contributed by atoms with van der Waals surface area (Å²) in [5.41, 5.74) is 0.598. The Morgan fingerprint density at radius 3 is 2.48 bits per heavy atom. The van der Waals surface area contributed by atoms with Crippen LogP contribution in [0.5, 0.6) is 5.75 Å². The minimum Gasteiger partial charge on any atom is -0.496 e. The molecule has 1 N–H and O–H groups in total. The van der Waals surface area contributed by atoms with E-state index in [1.54, 1.807) is 42.5 Å². The van der Waals surface area contributed by atoms with Gasteiger partial charge in [0.15, 0.2) is 0 Å². The molecule has 0 aliphatic heterocycles. The van der Waals surface area contributed by atoms with E-state index in [-0.39, 0.29) is 5.56 Å². The molecule has 0 radical (unpaired) electrons. The van der Waals surface area contributed by atoms with Crippen molar-refractivity contribution in [2.45, 2.75) is 0 Å². The van der Waals surface area contributed by atoms with Crippen LogP contribution >= 0.6 is 0 Å². The summed E-state index contributed by atoms with van der Waals surface area (Å²) >= 11 is 0. The van der Waals surface area contributed by atoms with Crippen LogP contribution < -0.4 is 16.0 Å². The maximum Gasteiger partial charge on any atom is 0.333 e. The van der Waals surface area contributed by atoms with Gasteiger partial charge in [0.05, 0.1) is 29.3 Å². The van der Waals surface area contributed by atoms with Crippen molar-refractivity contribution in [2.75, 3.05) is 7.11 Å². The number of aromatic nitrogens is 2. The minimum absolute atomic E-state index is 0.269. The van der Waals surface area contributed by atoms with Gasteiger partial charge in [-0.2, -0.15) is 0 Å². The van der Waals surface area contributed by atoms with E-state index in [1.807, 2.05) is 30.3 Å². The fourth-order valence-corrected chi connectivity index (χ4v) is 3.95. The Kier molecular flexibility index (Phi) is 4.40. The zero-order valence-corrected chi connectivity index (χ0v) is 16.6. The summed E-state index contributed by atoms with van der Waals surface area (Å²) in [6, 6.07) is 22.4. The van der Waals surface area contributed by atoms with Crippen LogP contribution in [0.3, 0.4) is 0 Å². The van der Waals surface area contributed by atoms with Gasteiger partial charge in [0.25, 0.3) is 5.56 Å². The molecule has 0 aliphatic carbocycles. The molecule has 0 saturated carbocycles. The van der Waals surface area contributed by atoms with Crippen molar-refractivity contribution in [1.82, 2.24) is 9.55 Å². The third-order valence-electron chi connectivity index (χ3n) is 5.39. The number of hydrogen-bond acceptors (Lipinski definition) is 3. The summed E-state index contributed by atoms with van der Waals surface area (Å²) in [5, 5.41) is 2.05. The molecule has 31 heavy (non-hydrogen) atoms. The molecule has 5 nitrogen and oxygen atoms in total. The molecule has 0 bridgehead atoms. The topological polar surface area (TPSA) is 64.1 Å². The van der Waals surface area contributed by atoms with Crippen molar-refractivity contribution < 1.29 is 9.13 Å². The van der Waals surface area contributed by atoms with Crippen LogP contribution in [-0.2, 0) is 0 Å². The van der Waals surface area contributed by atoms with Gasteiger partial charge in [-0.3, -0.25) is 4.79 Å². The first-order chi connectivity index (χ1) is 15.1. The van der Waals surface area contributed by atoms with Crippen molar-refractivity contribution in [2.24, 2.45) is 0 Å². The second-order valence-electron chi connectivity index (χ2n) is 7.15. The van der Waals surface area contributed by atoms with E-state index < -0.39 is 17.1 Å². The van der Waals surface area contributed by atoms with Gasteiger partial charge in [-0.15, -0.1) is 0 Å². The molecule has 0 atom stereocenters. The average molecular weight is 412 g/mol. The van der Waals surface area contributed by atoms with E-state index in [1.165, 1.54) is 13.2 Å². The Balaban J connectivity index is 1.77. The molecule has 4 aromatic carbocycles. The lowest BCUT2D eigenvalue weighted by atomic mass is 10.0. The molecule has 0 fully saturated rings. The lowest BCUT2D eigenvalue weighted by molar-refractivity contribution is 0.413. The first-order valence-corrected chi connectivity index (χ1v) is 9.68. The number of nitrogens with zero attached hydrogens (tertiary/aromatic N) is 1. The number of nitrogens with one attached hydrogen (secondary N) is 1. The second kappa shape index (κ2) is 7.25. The summed E-state index contributed by atoms with van der Waals surface area (Å²) in [4.78, 5) is 29.0. The van der Waals surface area contributed by atoms with E-state index in [4.69, 9.17) is 4.74 Å². The summed E-state index contributed by atoms with van der Waals surface area (Å²) in [5.74, 6) is -0.0871. The zero-order valence-electron chi connectivity index (χ0n) is 16.6. The van der Waals surface area contributed by atoms with Crippen molar-refractivity contribution >= 4 is 21.7 Å². The molecule has 152 valence electrons. The third kappa shape index (κ3) is 3.00. The largest absolute Gasteiger partial charge is 0.496 e. The van der Waals surface area contributed by atoms with E-state index >= 15 is 0 Å². The Morgan fingerprint density at radius 1 is 0.871 bits per heavy atom. The van der Waals surface area contributed by atoms with E-state index in [0.717, 1.165) is 15.3 Å². The molecule has 6 heteroatoms. The fourth-order valence-electron chi connectivity index (χ4n) is 3.95. The normalized spacial score (nSPS) is 11.2. The number of aromatic amines is 1. The molecular formula is C25H17FN2O3. The molecule has 0 unspecified atom stereocenters. The fraction of sp³-hybridized carbons (Fsp3) is 0.0400. The lowest BCUT2D eigenvalue weighted by Crippen LogP contribution is -2.33.